The van der Waals surface area contributed by atoms with Crippen LogP contribution in [0.1, 0.15) is 69.9 Å². The Kier molecular flexibility index (Phi) is 6.30. The number of phenolic OH excluding ortho intramolecular Hbond substituents is 2. The highest BCUT2D eigenvalue weighted by molar-refractivity contribution is 5.35. The van der Waals surface area contributed by atoms with Gasteiger partial charge in [-0.05, 0) is 59.9 Å². The SMILES string of the molecule is CCC(C)(C)c1ccc(O)cc1.Oc1ccccc1C1CCCC1. The molecule has 1 aliphatic rings. The molecule has 0 spiro atoms. The fourth-order valence-electron chi connectivity index (χ4n) is 3.19. The van der Waals surface area contributed by atoms with E-state index >= 15 is 0 Å². The molecule has 0 aromatic heterocycles. The predicted molar refractivity (Wildman–Crippen MR) is 101 cm³/mol. The first-order valence-electron chi connectivity index (χ1n) is 9.01. The monoisotopic (exact) mass is 326 g/mol. The van der Waals surface area contributed by atoms with Gasteiger partial charge in [-0.3, -0.25) is 0 Å². The third kappa shape index (κ3) is 4.77. The number of hydrogen-bond acceptors (Lipinski definition) is 2. The molecule has 0 radical (unpaired) electrons. The lowest BCUT2D eigenvalue weighted by molar-refractivity contribution is 0.461. The Bertz CT molecular complexity index is 623. The van der Waals surface area contributed by atoms with Crippen LogP contribution in [0.25, 0.3) is 0 Å². The molecule has 3 rings (SSSR count). The van der Waals surface area contributed by atoms with Gasteiger partial charge in [-0.15, -0.1) is 0 Å². The van der Waals surface area contributed by atoms with E-state index in [-0.39, 0.29) is 5.41 Å². The summed E-state index contributed by atoms with van der Waals surface area (Å²) < 4.78 is 0. The Morgan fingerprint density at radius 2 is 1.50 bits per heavy atom. The molecule has 2 aromatic carbocycles. The number of rotatable bonds is 3. The summed E-state index contributed by atoms with van der Waals surface area (Å²) in [5, 5.41) is 18.7. The zero-order valence-corrected chi connectivity index (χ0v) is 15.1. The largest absolute Gasteiger partial charge is 0.508 e. The van der Waals surface area contributed by atoms with Crippen molar-refractivity contribution >= 4 is 0 Å². The normalized spacial score (nSPS) is 15.0. The lowest BCUT2D eigenvalue weighted by Gasteiger charge is -2.22. The molecule has 0 heterocycles. The molecule has 0 saturated heterocycles. The van der Waals surface area contributed by atoms with Gasteiger partial charge in [0.1, 0.15) is 11.5 Å². The summed E-state index contributed by atoms with van der Waals surface area (Å²) in [6, 6.07) is 15.2. The molecule has 2 N–H and O–H groups in total. The minimum atomic E-state index is 0.216. The van der Waals surface area contributed by atoms with E-state index in [1.807, 2.05) is 30.3 Å². The van der Waals surface area contributed by atoms with Crippen LogP contribution in [0.5, 0.6) is 11.5 Å². The molecule has 0 unspecified atom stereocenters. The topological polar surface area (TPSA) is 40.5 Å². The van der Waals surface area contributed by atoms with Crippen LogP contribution in [0.3, 0.4) is 0 Å². The van der Waals surface area contributed by atoms with Gasteiger partial charge < -0.3 is 10.2 Å². The summed E-state index contributed by atoms with van der Waals surface area (Å²) in [5.74, 6) is 1.43. The standard InChI is InChI=1S/C11H14O.C11H16O/c12-11-8-4-3-7-10(11)9-5-1-2-6-9;1-4-11(2,3)9-5-7-10(12)8-6-9/h3-4,7-9,12H,1-2,5-6H2;5-8,12H,4H2,1-3H3. The molecule has 0 atom stereocenters. The summed E-state index contributed by atoms with van der Waals surface area (Å²) in [4.78, 5) is 0. The second-order valence-electron chi connectivity index (χ2n) is 7.32. The van der Waals surface area contributed by atoms with Gasteiger partial charge in [0, 0.05) is 0 Å². The van der Waals surface area contributed by atoms with Crippen molar-refractivity contribution in [3.8, 4) is 11.5 Å². The van der Waals surface area contributed by atoms with Crippen LogP contribution in [0.15, 0.2) is 48.5 Å². The molecule has 2 nitrogen and oxygen atoms in total. The molecular formula is C22H30O2. The van der Waals surface area contributed by atoms with Gasteiger partial charge in [0.15, 0.2) is 0 Å². The summed E-state index contributed by atoms with van der Waals surface area (Å²) in [6.07, 6.45) is 6.24. The minimum Gasteiger partial charge on any atom is -0.508 e. The minimum absolute atomic E-state index is 0.216. The Morgan fingerprint density at radius 1 is 0.917 bits per heavy atom. The zero-order chi connectivity index (χ0) is 17.6. The van der Waals surface area contributed by atoms with Gasteiger partial charge in [0.25, 0.3) is 0 Å². The lowest BCUT2D eigenvalue weighted by Crippen LogP contribution is -2.14. The van der Waals surface area contributed by atoms with Crippen LogP contribution < -0.4 is 0 Å². The average Bonchev–Trinajstić information content (AvgIpc) is 3.10. The van der Waals surface area contributed by atoms with Crippen molar-refractivity contribution in [3.63, 3.8) is 0 Å². The zero-order valence-electron chi connectivity index (χ0n) is 15.1. The summed E-state index contributed by atoms with van der Waals surface area (Å²) in [7, 11) is 0. The summed E-state index contributed by atoms with van der Waals surface area (Å²) in [5.41, 5.74) is 2.64. The predicted octanol–water partition coefficient (Wildman–Crippen LogP) is 6.13. The summed E-state index contributed by atoms with van der Waals surface area (Å²) in [6.45, 7) is 6.59. The van der Waals surface area contributed by atoms with Crippen LogP contribution in [-0.4, -0.2) is 10.2 Å². The van der Waals surface area contributed by atoms with E-state index in [0.29, 0.717) is 17.4 Å². The van der Waals surface area contributed by atoms with Crippen molar-refractivity contribution in [3.05, 3.63) is 59.7 Å². The molecule has 1 saturated carbocycles. The van der Waals surface area contributed by atoms with Gasteiger partial charge in [0.05, 0.1) is 0 Å². The molecule has 24 heavy (non-hydrogen) atoms. The first-order valence-corrected chi connectivity index (χ1v) is 9.01. The molecule has 2 heteroatoms. The first-order chi connectivity index (χ1) is 11.4. The third-order valence-electron chi connectivity index (χ3n) is 5.26. The van der Waals surface area contributed by atoms with E-state index in [1.165, 1.54) is 31.2 Å². The number of benzene rings is 2. The van der Waals surface area contributed by atoms with Crippen molar-refractivity contribution in [1.29, 1.82) is 0 Å². The van der Waals surface area contributed by atoms with Crippen LogP contribution >= 0.6 is 0 Å². The van der Waals surface area contributed by atoms with Crippen LogP contribution in [0.2, 0.25) is 0 Å². The van der Waals surface area contributed by atoms with Crippen molar-refractivity contribution in [1.82, 2.24) is 0 Å². The quantitative estimate of drug-likeness (QED) is 0.712. The Labute approximate surface area is 146 Å². The smallest absolute Gasteiger partial charge is 0.119 e. The number of phenols is 2. The molecule has 0 amide bonds. The third-order valence-corrected chi connectivity index (χ3v) is 5.26. The maximum absolute atomic E-state index is 9.57. The second-order valence-corrected chi connectivity index (χ2v) is 7.32. The van der Waals surface area contributed by atoms with Gasteiger partial charge in [-0.2, -0.15) is 0 Å². The van der Waals surface area contributed by atoms with E-state index in [0.717, 1.165) is 12.0 Å². The maximum atomic E-state index is 9.57. The Balaban J connectivity index is 0.000000174. The van der Waals surface area contributed by atoms with Crippen molar-refractivity contribution in [2.75, 3.05) is 0 Å². The second kappa shape index (κ2) is 8.23. The highest BCUT2D eigenvalue weighted by Gasteiger charge is 2.19. The molecule has 1 fully saturated rings. The Hall–Kier alpha value is -1.96. The average molecular weight is 326 g/mol. The fraction of sp³-hybridized carbons (Fsp3) is 0.455. The van der Waals surface area contributed by atoms with Gasteiger partial charge in [-0.1, -0.05) is 63.9 Å². The van der Waals surface area contributed by atoms with E-state index in [9.17, 15) is 5.11 Å². The molecular weight excluding hydrogens is 296 g/mol. The number of aromatic hydroxyl groups is 2. The van der Waals surface area contributed by atoms with Gasteiger partial charge >= 0.3 is 0 Å². The van der Waals surface area contributed by atoms with E-state index < -0.39 is 0 Å². The van der Waals surface area contributed by atoms with Crippen LogP contribution in [-0.2, 0) is 5.41 Å². The van der Waals surface area contributed by atoms with Crippen molar-refractivity contribution in [2.45, 2.75) is 64.2 Å². The van der Waals surface area contributed by atoms with Crippen LogP contribution in [0, 0.1) is 0 Å². The number of para-hydroxylation sites is 1. The lowest BCUT2D eigenvalue weighted by atomic mass is 9.82. The van der Waals surface area contributed by atoms with E-state index in [1.54, 1.807) is 18.2 Å². The van der Waals surface area contributed by atoms with Crippen LogP contribution in [0.4, 0.5) is 0 Å². The molecule has 0 aliphatic heterocycles. The highest BCUT2D eigenvalue weighted by Crippen LogP contribution is 2.37. The van der Waals surface area contributed by atoms with Crippen molar-refractivity contribution < 1.29 is 10.2 Å². The number of hydrogen-bond donors (Lipinski definition) is 2. The molecule has 1 aliphatic carbocycles. The summed E-state index contributed by atoms with van der Waals surface area (Å²) >= 11 is 0. The van der Waals surface area contributed by atoms with Crippen molar-refractivity contribution in [2.24, 2.45) is 0 Å². The fourth-order valence-corrected chi connectivity index (χ4v) is 3.19. The molecule has 130 valence electrons. The Morgan fingerprint density at radius 3 is 2.04 bits per heavy atom. The maximum Gasteiger partial charge on any atom is 0.119 e. The molecule has 0 bridgehead atoms. The van der Waals surface area contributed by atoms with E-state index in [2.05, 4.69) is 20.8 Å². The first kappa shape index (κ1) is 18.4. The van der Waals surface area contributed by atoms with Gasteiger partial charge in [0.2, 0.25) is 0 Å². The van der Waals surface area contributed by atoms with E-state index in [4.69, 9.17) is 5.11 Å². The van der Waals surface area contributed by atoms with Gasteiger partial charge in [-0.25, -0.2) is 0 Å². The highest BCUT2D eigenvalue weighted by atomic mass is 16.3. The molecule has 2 aromatic rings.